The summed E-state index contributed by atoms with van der Waals surface area (Å²) in [7, 11) is 0. The van der Waals surface area contributed by atoms with Gasteiger partial charge in [-0.3, -0.25) is 9.59 Å². The Bertz CT molecular complexity index is 402. The van der Waals surface area contributed by atoms with Gasteiger partial charge in [0.25, 0.3) is 5.91 Å². The van der Waals surface area contributed by atoms with Crippen LogP contribution in [0.1, 0.15) is 5.56 Å². The lowest BCUT2D eigenvalue weighted by atomic mass is 10.1. The van der Waals surface area contributed by atoms with Gasteiger partial charge >= 0.3 is 5.97 Å². The van der Waals surface area contributed by atoms with Crippen molar-refractivity contribution in [3.05, 3.63) is 34.6 Å². The molecule has 0 heterocycles. The Morgan fingerprint density at radius 2 is 2.12 bits per heavy atom. The number of benzene rings is 1. The second-order valence-corrected chi connectivity index (χ2v) is 3.41. The van der Waals surface area contributed by atoms with Gasteiger partial charge in [-0.2, -0.15) is 0 Å². The minimum atomic E-state index is -0.770. The molecule has 2 N–H and O–H groups in total. The summed E-state index contributed by atoms with van der Waals surface area (Å²) in [6.07, 6.45) is -0.335. The van der Waals surface area contributed by atoms with Gasteiger partial charge in [0.1, 0.15) is 5.82 Å². The van der Waals surface area contributed by atoms with Gasteiger partial charge in [-0.05, 0) is 12.1 Å². The molecule has 86 valence electrons. The maximum atomic E-state index is 13.2. The maximum absolute atomic E-state index is 13.2. The molecule has 0 saturated carbocycles. The molecule has 1 aromatic carbocycles. The molecule has 0 fully saturated rings. The fourth-order valence-corrected chi connectivity index (χ4v) is 1.28. The summed E-state index contributed by atoms with van der Waals surface area (Å²) in [5.74, 6) is -2.12. The Balaban J connectivity index is 2.66. The Kier molecular flexibility index (Phi) is 4.25. The average molecular weight is 246 g/mol. The topological polar surface area (TPSA) is 69.4 Å². The summed E-state index contributed by atoms with van der Waals surface area (Å²) in [6.45, 7) is -0.523. The molecular weight excluding hydrogens is 237 g/mol. The number of primary amides is 1. The zero-order chi connectivity index (χ0) is 12.1. The normalized spacial score (nSPS) is 9.88. The van der Waals surface area contributed by atoms with Crippen LogP contribution < -0.4 is 5.73 Å². The maximum Gasteiger partial charge on any atom is 0.310 e. The quantitative estimate of drug-likeness (QED) is 0.806. The number of hydrogen-bond donors (Lipinski definition) is 1. The third kappa shape index (κ3) is 3.51. The first-order valence-electron chi connectivity index (χ1n) is 4.37. The van der Waals surface area contributed by atoms with E-state index >= 15 is 0 Å². The molecule has 0 aliphatic rings. The molecule has 1 rings (SSSR count). The van der Waals surface area contributed by atoms with E-state index in [9.17, 15) is 14.0 Å². The highest BCUT2D eigenvalue weighted by Crippen LogP contribution is 2.19. The highest BCUT2D eigenvalue weighted by Gasteiger charge is 2.13. The third-order valence-corrected chi connectivity index (χ3v) is 2.11. The number of nitrogens with two attached hydrogens (primary N) is 1. The standard InChI is InChI=1S/C10H9ClFNO3/c11-7-2-1-3-8(12)6(7)4-10(15)16-5-9(13)14/h1-3H,4-5H2,(H2,13,14). The predicted octanol–water partition coefficient (Wildman–Crippen LogP) is 1.05. The van der Waals surface area contributed by atoms with Crippen molar-refractivity contribution < 1.29 is 18.7 Å². The van der Waals surface area contributed by atoms with Crippen LogP contribution in [-0.2, 0) is 20.7 Å². The number of esters is 1. The fourth-order valence-electron chi connectivity index (χ4n) is 1.05. The molecule has 0 bridgehead atoms. The number of hydrogen-bond acceptors (Lipinski definition) is 3. The molecule has 16 heavy (non-hydrogen) atoms. The number of carbonyl (C=O) groups excluding carboxylic acids is 2. The number of rotatable bonds is 4. The van der Waals surface area contributed by atoms with E-state index in [0.29, 0.717) is 0 Å². The molecule has 4 nitrogen and oxygen atoms in total. The van der Waals surface area contributed by atoms with E-state index in [1.54, 1.807) is 0 Å². The Morgan fingerprint density at radius 3 is 2.69 bits per heavy atom. The van der Waals surface area contributed by atoms with Crippen LogP contribution in [0, 0.1) is 5.82 Å². The Hall–Kier alpha value is -1.62. The summed E-state index contributed by atoms with van der Waals surface area (Å²) in [5, 5.41) is 0.135. The lowest BCUT2D eigenvalue weighted by molar-refractivity contribution is -0.147. The van der Waals surface area contributed by atoms with E-state index < -0.39 is 24.3 Å². The van der Waals surface area contributed by atoms with Gasteiger partial charge in [-0.15, -0.1) is 0 Å². The monoisotopic (exact) mass is 245 g/mol. The Labute approximate surface area is 96.1 Å². The van der Waals surface area contributed by atoms with E-state index in [1.807, 2.05) is 0 Å². The molecular formula is C10H9ClFNO3. The molecule has 1 aromatic rings. The van der Waals surface area contributed by atoms with Crippen molar-refractivity contribution in [1.82, 2.24) is 0 Å². The van der Waals surface area contributed by atoms with Crippen LogP contribution in [0.25, 0.3) is 0 Å². The van der Waals surface area contributed by atoms with E-state index in [1.165, 1.54) is 18.2 Å². The van der Waals surface area contributed by atoms with E-state index in [2.05, 4.69) is 4.74 Å². The molecule has 0 radical (unpaired) electrons. The van der Waals surface area contributed by atoms with Crippen molar-refractivity contribution in [3.8, 4) is 0 Å². The number of ether oxygens (including phenoxy) is 1. The first-order chi connectivity index (χ1) is 7.50. The van der Waals surface area contributed by atoms with Crippen LogP contribution in [0.5, 0.6) is 0 Å². The van der Waals surface area contributed by atoms with Gasteiger partial charge in [-0.25, -0.2) is 4.39 Å². The van der Waals surface area contributed by atoms with E-state index in [0.717, 1.165) is 0 Å². The van der Waals surface area contributed by atoms with E-state index in [-0.39, 0.29) is 17.0 Å². The van der Waals surface area contributed by atoms with Crippen molar-refractivity contribution in [2.24, 2.45) is 5.73 Å². The van der Waals surface area contributed by atoms with Crippen molar-refractivity contribution in [1.29, 1.82) is 0 Å². The van der Waals surface area contributed by atoms with Crippen LogP contribution in [0.2, 0.25) is 5.02 Å². The first kappa shape index (κ1) is 12.4. The molecule has 0 aromatic heterocycles. The van der Waals surface area contributed by atoms with Gasteiger partial charge in [-0.1, -0.05) is 17.7 Å². The lowest BCUT2D eigenvalue weighted by Crippen LogP contribution is -2.21. The molecule has 0 atom stereocenters. The van der Waals surface area contributed by atoms with Crippen LogP contribution >= 0.6 is 11.6 Å². The highest BCUT2D eigenvalue weighted by atomic mass is 35.5. The van der Waals surface area contributed by atoms with Crippen molar-refractivity contribution in [2.45, 2.75) is 6.42 Å². The van der Waals surface area contributed by atoms with Crippen LogP contribution in [0.3, 0.4) is 0 Å². The minimum absolute atomic E-state index is 0.0404. The molecule has 6 heteroatoms. The summed E-state index contributed by atoms with van der Waals surface area (Å²) >= 11 is 5.70. The fraction of sp³-hybridized carbons (Fsp3) is 0.200. The highest BCUT2D eigenvalue weighted by molar-refractivity contribution is 6.31. The van der Waals surface area contributed by atoms with Crippen LogP contribution in [0.15, 0.2) is 18.2 Å². The SMILES string of the molecule is NC(=O)COC(=O)Cc1c(F)cccc1Cl. The van der Waals surface area contributed by atoms with E-state index in [4.69, 9.17) is 17.3 Å². The summed E-state index contributed by atoms with van der Waals surface area (Å²) in [4.78, 5) is 21.5. The van der Waals surface area contributed by atoms with Gasteiger partial charge in [0.05, 0.1) is 6.42 Å². The summed E-state index contributed by atoms with van der Waals surface area (Å²) < 4.78 is 17.7. The molecule has 0 aliphatic carbocycles. The van der Waals surface area contributed by atoms with Crippen LogP contribution in [-0.4, -0.2) is 18.5 Å². The average Bonchev–Trinajstić information content (AvgIpc) is 2.21. The lowest BCUT2D eigenvalue weighted by Gasteiger charge is -2.05. The molecule has 0 spiro atoms. The minimum Gasteiger partial charge on any atom is -0.455 e. The number of carbonyl (C=O) groups is 2. The summed E-state index contributed by atoms with van der Waals surface area (Å²) in [6, 6.07) is 4.07. The number of halogens is 2. The predicted molar refractivity (Wildman–Crippen MR) is 55.3 cm³/mol. The molecule has 1 amide bonds. The third-order valence-electron chi connectivity index (χ3n) is 1.76. The summed E-state index contributed by atoms with van der Waals surface area (Å²) in [5.41, 5.74) is 4.82. The molecule has 0 unspecified atom stereocenters. The zero-order valence-corrected chi connectivity index (χ0v) is 8.96. The van der Waals surface area contributed by atoms with Crippen molar-refractivity contribution in [2.75, 3.05) is 6.61 Å². The van der Waals surface area contributed by atoms with Crippen LogP contribution in [0.4, 0.5) is 4.39 Å². The van der Waals surface area contributed by atoms with Crippen molar-refractivity contribution >= 4 is 23.5 Å². The smallest absolute Gasteiger partial charge is 0.310 e. The Morgan fingerprint density at radius 1 is 1.44 bits per heavy atom. The second kappa shape index (κ2) is 5.46. The first-order valence-corrected chi connectivity index (χ1v) is 4.75. The van der Waals surface area contributed by atoms with Crippen molar-refractivity contribution in [3.63, 3.8) is 0 Å². The molecule has 0 aliphatic heterocycles. The zero-order valence-electron chi connectivity index (χ0n) is 8.20. The van der Waals surface area contributed by atoms with Gasteiger partial charge < -0.3 is 10.5 Å². The van der Waals surface area contributed by atoms with Gasteiger partial charge in [0.15, 0.2) is 6.61 Å². The van der Waals surface area contributed by atoms with Gasteiger partial charge in [0, 0.05) is 10.6 Å². The largest absolute Gasteiger partial charge is 0.455 e. The number of amides is 1. The second-order valence-electron chi connectivity index (χ2n) is 3.00. The van der Waals surface area contributed by atoms with Gasteiger partial charge in [0.2, 0.25) is 0 Å². The molecule has 0 saturated heterocycles.